The van der Waals surface area contributed by atoms with Crippen LogP contribution in [0.1, 0.15) is 73.5 Å². The van der Waals surface area contributed by atoms with E-state index >= 15 is 0 Å². The van der Waals surface area contributed by atoms with Crippen LogP contribution in [0.2, 0.25) is 0 Å². The largest absolute Gasteiger partial charge is 0.359 e. The van der Waals surface area contributed by atoms with Gasteiger partial charge in [0.1, 0.15) is 18.5 Å². The Bertz CT molecular complexity index is 1460. The lowest BCUT2D eigenvalue weighted by atomic mass is 9.82. The Labute approximate surface area is 241 Å². The number of rotatable bonds is 13. The molecule has 0 saturated heterocycles. The Kier molecular flexibility index (Phi) is 7.96. The summed E-state index contributed by atoms with van der Waals surface area (Å²) in [4.78, 5) is 23.0. The minimum Gasteiger partial charge on any atom is -0.359 e. The number of pyridine rings is 1. The van der Waals surface area contributed by atoms with Crippen LogP contribution in [-0.4, -0.2) is 42.5 Å². The minimum absolute atomic E-state index is 0.0262. The van der Waals surface area contributed by atoms with E-state index in [4.69, 9.17) is 9.72 Å². The van der Waals surface area contributed by atoms with E-state index in [9.17, 15) is 4.79 Å². The van der Waals surface area contributed by atoms with Crippen molar-refractivity contribution in [2.24, 2.45) is 17.8 Å². The zero-order valence-corrected chi connectivity index (χ0v) is 24.1. The summed E-state index contributed by atoms with van der Waals surface area (Å²) in [7, 11) is 0. The average molecular weight is 554 g/mol. The molecular formula is C32H39N7O2. The number of aromatic amines is 1. The van der Waals surface area contributed by atoms with Gasteiger partial charge in [-0.1, -0.05) is 25.1 Å². The van der Waals surface area contributed by atoms with Crippen LogP contribution in [0.4, 0.5) is 5.69 Å². The van der Waals surface area contributed by atoms with E-state index in [1.807, 2.05) is 42.1 Å². The number of carbonyl (C=O) groups is 1. The van der Waals surface area contributed by atoms with Crippen LogP contribution in [0.3, 0.4) is 0 Å². The number of amides is 1. The number of hydrogen-bond donors (Lipinski definition) is 2. The number of nitrogens with zero attached hydrogens (tertiary/aromatic N) is 5. The van der Waals surface area contributed by atoms with E-state index in [1.54, 1.807) is 6.20 Å². The van der Waals surface area contributed by atoms with Gasteiger partial charge in [0.15, 0.2) is 5.82 Å². The van der Waals surface area contributed by atoms with Crippen molar-refractivity contribution in [1.29, 1.82) is 0 Å². The maximum absolute atomic E-state index is 13.9. The first-order chi connectivity index (χ1) is 20.0. The molecule has 2 aliphatic carbocycles. The smallest absolute Gasteiger partial charge is 0.235 e. The lowest BCUT2D eigenvalue weighted by Gasteiger charge is -2.24. The number of aromatic nitrogens is 6. The van der Waals surface area contributed by atoms with Crippen LogP contribution in [0.5, 0.6) is 0 Å². The van der Waals surface area contributed by atoms with Gasteiger partial charge in [-0.2, -0.15) is 10.2 Å². The molecule has 3 aromatic heterocycles. The fourth-order valence-corrected chi connectivity index (χ4v) is 6.06. The van der Waals surface area contributed by atoms with Crippen molar-refractivity contribution in [2.75, 3.05) is 11.9 Å². The second-order valence-corrected chi connectivity index (χ2v) is 11.6. The first-order valence-electron chi connectivity index (χ1n) is 14.8. The molecule has 4 aromatic rings. The lowest BCUT2D eigenvalue weighted by Crippen LogP contribution is -2.31. The van der Waals surface area contributed by atoms with Gasteiger partial charge >= 0.3 is 0 Å². The van der Waals surface area contributed by atoms with Gasteiger partial charge in [0, 0.05) is 42.4 Å². The quantitative estimate of drug-likeness (QED) is 0.202. The maximum Gasteiger partial charge on any atom is 0.235 e. The molecule has 2 saturated carbocycles. The van der Waals surface area contributed by atoms with E-state index in [-0.39, 0.29) is 17.7 Å². The zero-order valence-electron chi connectivity index (χ0n) is 24.1. The number of carbonyl (C=O) groups excluding carboxylic acids is 1. The van der Waals surface area contributed by atoms with E-state index < -0.39 is 0 Å². The summed E-state index contributed by atoms with van der Waals surface area (Å²) < 4.78 is 7.62. The van der Waals surface area contributed by atoms with E-state index in [2.05, 4.69) is 51.6 Å². The summed E-state index contributed by atoms with van der Waals surface area (Å²) in [5.41, 5.74) is 6.03. The summed E-state index contributed by atoms with van der Waals surface area (Å²) in [5.74, 6) is 2.38. The summed E-state index contributed by atoms with van der Waals surface area (Å²) >= 11 is 0. The van der Waals surface area contributed by atoms with Gasteiger partial charge in [-0.3, -0.25) is 14.9 Å². The Morgan fingerprint density at radius 1 is 1.12 bits per heavy atom. The molecule has 2 fully saturated rings. The minimum atomic E-state index is -0.376. The SMILES string of the molecule is CCCOCn1nc(C)c(-c2ccc(NC(=O)C(c3n[nH]c(Cc4cccnc4)n3)C(C3CC3)C3CC3)cc2)c1C. The molecule has 1 aromatic carbocycles. The van der Waals surface area contributed by atoms with E-state index in [1.165, 1.54) is 25.7 Å². The van der Waals surface area contributed by atoms with Crippen molar-refractivity contribution in [3.8, 4) is 11.1 Å². The number of aryl methyl sites for hydroxylation is 1. The third kappa shape index (κ3) is 6.25. The number of benzene rings is 1. The monoisotopic (exact) mass is 553 g/mol. The van der Waals surface area contributed by atoms with Crippen molar-refractivity contribution in [2.45, 2.75) is 71.9 Å². The molecule has 1 unspecified atom stereocenters. The van der Waals surface area contributed by atoms with Crippen molar-refractivity contribution in [1.82, 2.24) is 29.9 Å². The van der Waals surface area contributed by atoms with Gasteiger partial charge in [-0.05, 0) is 93.0 Å². The highest BCUT2D eigenvalue weighted by Crippen LogP contribution is 2.54. The topological polar surface area (TPSA) is 111 Å². The molecule has 41 heavy (non-hydrogen) atoms. The average Bonchev–Trinajstić information content (AvgIpc) is 3.91. The molecule has 0 radical (unpaired) electrons. The summed E-state index contributed by atoms with van der Waals surface area (Å²) in [6.07, 6.45) is 9.91. The predicted molar refractivity (Wildman–Crippen MR) is 157 cm³/mol. The van der Waals surface area contributed by atoms with Crippen LogP contribution >= 0.6 is 0 Å². The summed E-state index contributed by atoms with van der Waals surface area (Å²) in [6, 6.07) is 12.0. The Morgan fingerprint density at radius 2 is 1.88 bits per heavy atom. The van der Waals surface area contributed by atoms with Crippen molar-refractivity contribution >= 4 is 11.6 Å². The molecule has 1 atom stereocenters. The maximum atomic E-state index is 13.9. The molecule has 9 nitrogen and oxygen atoms in total. The highest BCUT2D eigenvalue weighted by molar-refractivity contribution is 5.96. The second-order valence-electron chi connectivity index (χ2n) is 11.6. The number of nitrogens with one attached hydrogen (secondary N) is 2. The highest BCUT2D eigenvalue weighted by atomic mass is 16.5. The van der Waals surface area contributed by atoms with Gasteiger partial charge in [0.25, 0.3) is 0 Å². The molecule has 1 amide bonds. The van der Waals surface area contributed by atoms with Crippen LogP contribution in [0, 0.1) is 31.6 Å². The molecule has 9 heteroatoms. The molecular weight excluding hydrogens is 514 g/mol. The normalized spacial score (nSPS) is 15.8. The second kappa shape index (κ2) is 11.9. The fourth-order valence-electron chi connectivity index (χ4n) is 6.06. The molecule has 214 valence electrons. The van der Waals surface area contributed by atoms with Gasteiger partial charge in [-0.15, -0.1) is 0 Å². The van der Waals surface area contributed by atoms with Crippen molar-refractivity contribution in [3.05, 3.63) is 77.4 Å². The number of ether oxygens (including phenoxy) is 1. The van der Waals surface area contributed by atoms with E-state index in [0.29, 0.717) is 37.4 Å². The number of H-pyrrole nitrogens is 1. The van der Waals surface area contributed by atoms with Crippen molar-refractivity contribution < 1.29 is 9.53 Å². The highest BCUT2D eigenvalue weighted by Gasteiger charge is 2.49. The Balaban J connectivity index is 1.20. The number of hydrogen-bond acceptors (Lipinski definition) is 6. The lowest BCUT2D eigenvalue weighted by molar-refractivity contribution is -0.119. The fraction of sp³-hybridized carbons (Fsp3) is 0.469. The Hall–Kier alpha value is -3.85. The molecule has 0 spiro atoms. The van der Waals surface area contributed by atoms with Crippen LogP contribution in [0.15, 0.2) is 48.8 Å². The van der Waals surface area contributed by atoms with Crippen LogP contribution in [-0.2, 0) is 22.7 Å². The molecule has 0 bridgehead atoms. The molecule has 0 aliphatic heterocycles. The molecule has 6 rings (SSSR count). The van der Waals surface area contributed by atoms with Crippen LogP contribution in [0.25, 0.3) is 11.1 Å². The number of anilines is 1. The summed E-state index contributed by atoms with van der Waals surface area (Å²) in [5, 5.41) is 15.6. The zero-order chi connectivity index (χ0) is 28.3. The first kappa shape index (κ1) is 27.3. The van der Waals surface area contributed by atoms with Gasteiger partial charge in [0.05, 0.1) is 5.69 Å². The van der Waals surface area contributed by atoms with E-state index in [0.717, 1.165) is 46.0 Å². The standard InChI is InChI=1S/C32H39N7O2/c1-4-16-41-19-39-21(3)28(20(2)38-39)23-11-13-26(14-12-23)34-32(40)30(29(24-7-8-24)25-9-10-25)31-35-27(36-37-31)17-22-6-5-15-33-18-22/h5-6,11-15,18,24-25,29-30H,4,7-10,16-17,19H2,1-3H3,(H,34,40)(H,35,36,37). The molecule has 3 heterocycles. The van der Waals surface area contributed by atoms with Gasteiger partial charge in [0.2, 0.25) is 5.91 Å². The van der Waals surface area contributed by atoms with Gasteiger partial charge < -0.3 is 10.1 Å². The third-order valence-electron chi connectivity index (χ3n) is 8.31. The van der Waals surface area contributed by atoms with Crippen LogP contribution < -0.4 is 5.32 Å². The predicted octanol–water partition coefficient (Wildman–Crippen LogP) is 5.81. The van der Waals surface area contributed by atoms with Gasteiger partial charge in [-0.25, -0.2) is 9.67 Å². The first-order valence-corrected chi connectivity index (χ1v) is 14.8. The molecule has 2 N–H and O–H groups in total. The molecule has 2 aliphatic rings. The summed E-state index contributed by atoms with van der Waals surface area (Å²) in [6.45, 7) is 7.35. The van der Waals surface area contributed by atoms with Crippen molar-refractivity contribution in [3.63, 3.8) is 0 Å². The third-order valence-corrected chi connectivity index (χ3v) is 8.31. The Morgan fingerprint density at radius 3 is 2.54 bits per heavy atom.